The van der Waals surface area contributed by atoms with Gasteiger partial charge in [-0.05, 0) is 138 Å². The lowest BCUT2D eigenvalue weighted by Gasteiger charge is -2.16. The van der Waals surface area contributed by atoms with E-state index in [-0.39, 0.29) is 155 Å². The Morgan fingerprint density at radius 1 is 0.276 bits per heavy atom. The smallest absolute Gasteiger partial charge is 0.333 e. The predicted molar refractivity (Wildman–Crippen MR) is 371 cm³/mol. The van der Waals surface area contributed by atoms with Gasteiger partial charge in [-0.1, -0.05) is 39.5 Å². The van der Waals surface area contributed by atoms with Gasteiger partial charge in [-0.3, -0.25) is 86.9 Å². The highest BCUT2D eigenvalue weighted by molar-refractivity contribution is 6.23. The van der Waals surface area contributed by atoms with E-state index in [4.69, 9.17) is 28.4 Å². The Hall–Kier alpha value is -11.5. The van der Waals surface area contributed by atoms with Crippen LogP contribution in [-0.2, 0) is 115 Å². The van der Waals surface area contributed by atoms with E-state index in [1.165, 1.54) is 16.7 Å². The van der Waals surface area contributed by atoms with Gasteiger partial charge < -0.3 is 28.4 Å². The van der Waals surface area contributed by atoms with Gasteiger partial charge in [0.1, 0.15) is 39.6 Å². The number of hydrogen-bond donors (Lipinski definition) is 0. The molecular formula is C75H88N6O24. The van der Waals surface area contributed by atoms with Crippen LogP contribution in [0.15, 0.2) is 141 Å². The van der Waals surface area contributed by atoms with E-state index in [0.29, 0.717) is 129 Å². The van der Waals surface area contributed by atoms with E-state index in [0.717, 1.165) is 76.4 Å². The molecule has 0 spiro atoms. The van der Waals surface area contributed by atoms with Crippen LogP contribution < -0.4 is 0 Å². The molecule has 30 heteroatoms. The number of carbonyl (C=O) groups is 18. The summed E-state index contributed by atoms with van der Waals surface area (Å²) >= 11 is 0. The lowest BCUT2D eigenvalue weighted by Crippen LogP contribution is -2.35. The van der Waals surface area contributed by atoms with Crippen molar-refractivity contribution < 1.29 is 115 Å². The van der Waals surface area contributed by atoms with Crippen LogP contribution in [0.3, 0.4) is 0 Å². The number of carbonyl (C=O) groups excluding carboxylic acids is 18. The maximum absolute atomic E-state index is 12.0. The van der Waals surface area contributed by atoms with Crippen molar-refractivity contribution in [2.45, 2.75) is 138 Å². The van der Waals surface area contributed by atoms with Crippen LogP contribution in [-0.4, -0.2) is 215 Å². The second kappa shape index (κ2) is 39.3. The van der Waals surface area contributed by atoms with Crippen molar-refractivity contribution in [3.8, 4) is 0 Å². The number of amides is 12. The van der Waals surface area contributed by atoms with E-state index in [9.17, 15) is 86.3 Å². The zero-order valence-corrected chi connectivity index (χ0v) is 60.3. The molecule has 0 aromatic heterocycles. The van der Waals surface area contributed by atoms with Gasteiger partial charge in [-0.2, -0.15) is 0 Å². The highest BCUT2D eigenvalue weighted by Gasteiger charge is 2.43. The Morgan fingerprint density at radius 3 is 0.590 bits per heavy atom. The van der Waals surface area contributed by atoms with Crippen LogP contribution in [0.5, 0.6) is 0 Å². The molecule has 6 aliphatic heterocycles. The summed E-state index contributed by atoms with van der Waals surface area (Å²) in [4.78, 5) is 215. The number of rotatable bonds is 24. The maximum Gasteiger partial charge on any atom is 0.333 e. The Bertz CT molecular complexity index is 3820. The molecule has 0 saturated heterocycles. The fraction of sp³-hybridized carbons (Fsp3) is 0.440. The fourth-order valence-corrected chi connectivity index (χ4v) is 11.7. The zero-order valence-electron chi connectivity index (χ0n) is 60.3. The Balaban J connectivity index is 0.000000227. The highest BCUT2D eigenvalue weighted by atomic mass is 16.6. The zero-order chi connectivity index (χ0) is 78.3. The number of esters is 6. The number of hydrogen-bond acceptors (Lipinski definition) is 24. The van der Waals surface area contributed by atoms with Crippen molar-refractivity contribution in [2.24, 2.45) is 0 Å². The molecule has 30 nitrogen and oxygen atoms in total. The normalized spacial score (nSPS) is 17.7. The maximum atomic E-state index is 12.0. The fourth-order valence-electron chi connectivity index (χ4n) is 11.7. The van der Waals surface area contributed by atoms with Gasteiger partial charge >= 0.3 is 35.8 Å². The average Bonchev–Trinajstić information content (AvgIpc) is 1.69. The molecule has 562 valence electrons. The number of ether oxygens (including phenoxy) is 6. The molecule has 6 heterocycles. The van der Waals surface area contributed by atoms with Gasteiger partial charge in [0.05, 0.1) is 39.3 Å². The van der Waals surface area contributed by atoms with Crippen LogP contribution in [0.2, 0.25) is 0 Å². The minimum absolute atomic E-state index is 0.0102. The SMILES string of the molecule is C=C(C)C(=O)OCCN1C(=O)C(C)=C(C)C1=O.C=C(C)C(=O)OCCN1C(=O)C2=C(CCC2)C1=O.C=C(C)C(=O)OCCN1C(=O)C2=C(CCCC2)C1=O.C=CC(=O)OCCN1C(=O)C(C)=C(C)C1=O.C=CC(=O)OCCN1C(=O)C2=C(CCC2)C1=O.C=CC(=O)OCCN1C(=O)C2=C(CCCC2)C1=O. The summed E-state index contributed by atoms with van der Waals surface area (Å²) in [5.41, 5.74) is 7.86. The van der Waals surface area contributed by atoms with Crippen LogP contribution in [0.4, 0.5) is 0 Å². The molecule has 0 aromatic rings. The van der Waals surface area contributed by atoms with Crippen LogP contribution in [0, 0.1) is 0 Å². The summed E-state index contributed by atoms with van der Waals surface area (Å²) in [6.07, 6.45) is 14.2. The summed E-state index contributed by atoms with van der Waals surface area (Å²) in [7, 11) is 0. The van der Waals surface area contributed by atoms with Gasteiger partial charge in [-0.15, -0.1) is 0 Å². The first kappa shape index (κ1) is 84.2. The monoisotopic (exact) mass is 1460 g/mol. The molecule has 0 radical (unpaired) electrons. The quantitative estimate of drug-likeness (QED) is 0.0528. The summed E-state index contributed by atoms with van der Waals surface area (Å²) in [5.74, 6) is -6.25. The molecule has 4 aliphatic carbocycles. The Morgan fingerprint density at radius 2 is 0.429 bits per heavy atom. The van der Waals surface area contributed by atoms with Gasteiger partial charge in [-0.25, -0.2) is 28.8 Å². The standard InChI is InChI=1S/C14H17NO4.2C13H15NO4.C12H13NO4.C12H15NO4.C11H13NO4/c1-9(2)14(18)19-8-7-15-12(16)10-5-3-4-6-11(10)13(15)17;1-8(2)13(17)18-7-6-14-11(15)9-4-3-5-10(9)12(14)16;1-2-11(15)18-8-7-14-12(16)9-5-3-4-6-10(9)13(14)17;1-2-10(14)17-7-6-13-11(15)8-4-3-5-9(8)12(13)16;1-7(2)12(16)17-6-5-13-10(14)8(3)9(4)11(13)15;1-4-9(13)16-6-5-12-10(14)7(2)8(3)11(12)15/h1,3-8H2,2H3;1,3-7H2,2H3;2H,1,3-8H2;2H,1,3-7H2;1,5-6H2,2-4H3;4H,1,5-6H2,2-3H3. The van der Waals surface area contributed by atoms with Crippen molar-refractivity contribution >= 4 is 107 Å². The van der Waals surface area contributed by atoms with Crippen LogP contribution in [0.1, 0.15) is 138 Å². The Kier molecular flexibility index (Phi) is 31.5. The molecule has 12 amide bonds. The van der Waals surface area contributed by atoms with Crippen molar-refractivity contribution in [1.82, 2.24) is 29.4 Å². The van der Waals surface area contributed by atoms with Gasteiger partial charge in [0.15, 0.2) is 0 Å². The lowest BCUT2D eigenvalue weighted by atomic mass is 9.93. The number of nitrogens with zero attached hydrogens (tertiary/aromatic N) is 6. The predicted octanol–water partition coefficient (Wildman–Crippen LogP) is 5.05. The third-order valence-corrected chi connectivity index (χ3v) is 17.7. The molecule has 10 rings (SSSR count). The largest absolute Gasteiger partial charge is 0.461 e. The van der Waals surface area contributed by atoms with E-state index >= 15 is 0 Å². The number of likely N-dealkylation sites (tertiary alicyclic amines) is 2. The summed E-state index contributed by atoms with van der Waals surface area (Å²) in [6.45, 7) is 31.8. The van der Waals surface area contributed by atoms with Crippen LogP contribution >= 0.6 is 0 Å². The highest BCUT2D eigenvalue weighted by Crippen LogP contribution is 2.37. The van der Waals surface area contributed by atoms with E-state index < -0.39 is 35.8 Å². The molecular weight excluding hydrogens is 1370 g/mol. The molecule has 0 saturated carbocycles. The van der Waals surface area contributed by atoms with Crippen molar-refractivity contribution in [2.75, 3.05) is 78.9 Å². The molecule has 0 fully saturated rings. The second-order valence-electron chi connectivity index (χ2n) is 24.9. The summed E-state index contributed by atoms with van der Waals surface area (Å²) < 4.78 is 28.9. The first-order valence-corrected chi connectivity index (χ1v) is 33.9. The third-order valence-electron chi connectivity index (χ3n) is 17.7. The molecule has 105 heavy (non-hydrogen) atoms. The summed E-state index contributed by atoms with van der Waals surface area (Å²) in [5, 5.41) is 0. The Labute approximate surface area is 607 Å². The third kappa shape index (κ3) is 21.3. The first-order chi connectivity index (χ1) is 49.7. The van der Waals surface area contributed by atoms with E-state index in [1.54, 1.807) is 41.5 Å². The molecule has 0 atom stereocenters. The van der Waals surface area contributed by atoms with E-state index in [2.05, 4.69) is 39.5 Å². The molecule has 0 unspecified atom stereocenters. The van der Waals surface area contributed by atoms with Gasteiger partial charge in [0.2, 0.25) is 0 Å². The topological polar surface area (TPSA) is 382 Å². The number of imide groups is 6. The minimum Gasteiger partial charge on any atom is -0.461 e. The van der Waals surface area contributed by atoms with Crippen molar-refractivity contribution in [3.63, 3.8) is 0 Å². The second-order valence-corrected chi connectivity index (χ2v) is 24.9. The average molecular weight is 1460 g/mol. The van der Waals surface area contributed by atoms with Crippen molar-refractivity contribution in [3.05, 3.63) is 141 Å². The molecule has 0 N–H and O–H groups in total. The van der Waals surface area contributed by atoms with Crippen molar-refractivity contribution in [1.29, 1.82) is 0 Å². The lowest BCUT2D eigenvalue weighted by molar-refractivity contribution is -0.144. The minimum atomic E-state index is -0.569. The molecule has 0 bridgehead atoms. The van der Waals surface area contributed by atoms with E-state index in [1.807, 2.05) is 0 Å². The van der Waals surface area contributed by atoms with Gasteiger partial charge in [0, 0.05) is 102 Å². The van der Waals surface area contributed by atoms with Gasteiger partial charge in [0.25, 0.3) is 70.9 Å². The molecule has 0 aromatic carbocycles. The molecule has 10 aliphatic rings. The summed E-state index contributed by atoms with van der Waals surface area (Å²) in [6, 6.07) is 0. The van der Waals surface area contributed by atoms with Crippen LogP contribution in [0.25, 0.3) is 0 Å². The first-order valence-electron chi connectivity index (χ1n) is 33.9.